The van der Waals surface area contributed by atoms with Crippen LogP contribution in [-0.4, -0.2) is 28.9 Å². The normalized spacial score (nSPS) is 11.7. The van der Waals surface area contributed by atoms with Gasteiger partial charge in [0.15, 0.2) is 11.8 Å². The van der Waals surface area contributed by atoms with Crippen molar-refractivity contribution < 1.29 is 18.9 Å². The smallest absolute Gasteiger partial charge is 0.266 e. The Morgan fingerprint density at radius 1 is 1.03 bits per heavy atom. The zero-order valence-electron chi connectivity index (χ0n) is 16.8. The van der Waals surface area contributed by atoms with E-state index in [1.54, 1.807) is 6.92 Å². The Hall–Kier alpha value is -3.35. The molecule has 152 valence electrons. The number of rotatable bonds is 9. The molecule has 3 rings (SSSR count). The first-order chi connectivity index (χ1) is 14.1. The number of ether oxygens (including phenoxy) is 2. The van der Waals surface area contributed by atoms with Gasteiger partial charge in [0, 0.05) is 5.56 Å². The van der Waals surface area contributed by atoms with Crippen molar-refractivity contribution in [3.05, 3.63) is 54.1 Å². The van der Waals surface area contributed by atoms with E-state index in [-0.39, 0.29) is 11.7 Å². The van der Waals surface area contributed by atoms with Gasteiger partial charge in [-0.05, 0) is 72.0 Å². The molecule has 0 fully saturated rings. The van der Waals surface area contributed by atoms with Crippen molar-refractivity contribution in [1.29, 1.82) is 0 Å². The molecule has 0 aliphatic heterocycles. The van der Waals surface area contributed by atoms with Crippen LogP contribution in [0.1, 0.15) is 32.8 Å². The first kappa shape index (κ1) is 20.4. The molecule has 0 aliphatic carbocycles. The Morgan fingerprint density at radius 3 is 2.38 bits per heavy atom. The number of hydrogen-bond acceptors (Lipinski definition) is 6. The van der Waals surface area contributed by atoms with Gasteiger partial charge in [0.05, 0.1) is 6.61 Å². The molecule has 3 aromatic rings. The molecule has 1 amide bonds. The predicted molar refractivity (Wildman–Crippen MR) is 110 cm³/mol. The topological polar surface area (TPSA) is 86.5 Å². The van der Waals surface area contributed by atoms with Gasteiger partial charge in [-0.1, -0.05) is 26.0 Å². The lowest BCUT2D eigenvalue weighted by Gasteiger charge is -2.14. The molecule has 0 saturated heterocycles. The van der Waals surface area contributed by atoms with E-state index in [0.29, 0.717) is 18.1 Å². The number of aromatic nitrogens is 2. The van der Waals surface area contributed by atoms with Crippen LogP contribution in [0.5, 0.6) is 11.5 Å². The largest absolute Gasteiger partial charge is 0.494 e. The average Bonchev–Trinajstić information content (AvgIpc) is 3.21. The van der Waals surface area contributed by atoms with Crippen molar-refractivity contribution in [2.75, 3.05) is 11.9 Å². The third kappa shape index (κ3) is 5.34. The Kier molecular flexibility index (Phi) is 6.84. The summed E-state index contributed by atoms with van der Waals surface area (Å²) in [5.74, 6) is 1.30. The molecular weight excluding hydrogens is 370 g/mol. The summed E-state index contributed by atoms with van der Waals surface area (Å²) in [6.07, 6.45) is 1.18. The highest BCUT2D eigenvalue weighted by Gasteiger charge is 2.20. The highest BCUT2D eigenvalue weighted by molar-refractivity contribution is 5.95. The summed E-state index contributed by atoms with van der Waals surface area (Å²) in [4.78, 5) is 12.5. The monoisotopic (exact) mass is 395 g/mol. The molecule has 1 heterocycles. The minimum Gasteiger partial charge on any atom is -0.494 e. The molecule has 0 bridgehead atoms. The molecular formula is C22H25N3O4. The Bertz CT molecular complexity index is 920. The van der Waals surface area contributed by atoms with Gasteiger partial charge in [0.25, 0.3) is 5.91 Å². The molecule has 0 unspecified atom stereocenters. The van der Waals surface area contributed by atoms with Gasteiger partial charge in [-0.3, -0.25) is 4.79 Å². The lowest BCUT2D eigenvalue weighted by molar-refractivity contribution is -0.122. The third-order valence-electron chi connectivity index (χ3n) is 4.34. The van der Waals surface area contributed by atoms with Crippen molar-refractivity contribution in [2.24, 2.45) is 0 Å². The van der Waals surface area contributed by atoms with Crippen LogP contribution in [0.2, 0.25) is 0 Å². The molecule has 1 aromatic heterocycles. The molecule has 0 spiro atoms. The van der Waals surface area contributed by atoms with Crippen LogP contribution in [0.25, 0.3) is 11.3 Å². The maximum atomic E-state index is 12.5. The maximum absolute atomic E-state index is 12.5. The predicted octanol–water partition coefficient (Wildman–Crippen LogP) is 4.49. The summed E-state index contributed by atoms with van der Waals surface area (Å²) in [6.45, 7) is 6.47. The molecule has 29 heavy (non-hydrogen) atoms. The number of carbonyl (C=O) groups is 1. The number of aryl methyl sites for hydroxylation is 1. The van der Waals surface area contributed by atoms with E-state index in [0.717, 1.165) is 24.2 Å². The van der Waals surface area contributed by atoms with E-state index >= 15 is 0 Å². The molecule has 2 aromatic carbocycles. The molecule has 7 heteroatoms. The second kappa shape index (κ2) is 9.73. The van der Waals surface area contributed by atoms with Gasteiger partial charge in [0.1, 0.15) is 11.5 Å². The second-order valence-corrected chi connectivity index (χ2v) is 6.58. The highest BCUT2D eigenvalue weighted by atomic mass is 16.6. The zero-order valence-corrected chi connectivity index (χ0v) is 16.8. The summed E-state index contributed by atoms with van der Waals surface area (Å²) in [5.41, 5.74) is 2.41. The Morgan fingerprint density at radius 2 is 1.72 bits per heavy atom. The van der Waals surface area contributed by atoms with E-state index in [1.807, 2.05) is 48.5 Å². The average molecular weight is 395 g/mol. The number of nitrogens with zero attached hydrogens (tertiary/aromatic N) is 2. The molecule has 1 N–H and O–H groups in total. The zero-order chi connectivity index (χ0) is 20.6. The van der Waals surface area contributed by atoms with Crippen LogP contribution >= 0.6 is 0 Å². The van der Waals surface area contributed by atoms with Crippen LogP contribution in [0.15, 0.2) is 53.2 Å². The number of hydrogen-bond donors (Lipinski definition) is 1. The van der Waals surface area contributed by atoms with Gasteiger partial charge in [-0.15, -0.1) is 0 Å². The lowest BCUT2D eigenvalue weighted by atomic mass is 10.1. The fourth-order valence-electron chi connectivity index (χ4n) is 2.67. The van der Waals surface area contributed by atoms with E-state index in [9.17, 15) is 4.79 Å². The number of nitrogens with one attached hydrogen (secondary N) is 1. The Balaban J connectivity index is 1.64. The summed E-state index contributed by atoms with van der Waals surface area (Å²) >= 11 is 0. The van der Waals surface area contributed by atoms with Crippen molar-refractivity contribution >= 4 is 11.7 Å². The second-order valence-electron chi connectivity index (χ2n) is 6.58. The minimum atomic E-state index is -0.711. The van der Waals surface area contributed by atoms with Crippen LogP contribution in [0, 0.1) is 0 Å². The first-order valence-electron chi connectivity index (χ1n) is 9.73. The number of anilines is 1. The van der Waals surface area contributed by atoms with E-state index < -0.39 is 6.10 Å². The lowest BCUT2D eigenvalue weighted by Crippen LogP contribution is -2.30. The minimum absolute atomic E-state index is 0.244. The maximum Gasteiger partial charge on any atom is 0.266 e. The summed E-state index contributed by atoms with van der Waals surface area (Å²) in [7, 11) is 0. The van der Waals surface area contributed by atoms with Crippen LogP contribution < -0.4 is 14.8 Å². The fraction of sp³-hybridized carbons (Fsp3) is 0.318. The molecule has 1 atom stereocenters. The standard InChI is InChI=1S/C22H25N3O4/c1-4-14-27-18-12-8-17(9-13-18)20-21(25-29-24-20)23-22(26)15(3)28-19-10-6-16(5-2)7-11-19/h6-13,15H,4-5,14H2,1-3H3,(H,23,25,26)/t15-/m1/s1. The molecule has 0 aliphatic rings. The van der Waals surface area contributed by atoms with Crippen molar-refractivity contribution in [3.8, 4) is 22.8 Å². The Labute approximate surface area is 170 Å². The van der Waals surface area contributed by atoms with E-state index in [4.69, 9.17) is 14.1 Å². The van der Waals surface area contributed by atoms with Crippen LogP contribution in [-0.2, 0) is 11.2 Å². The third-order valence-corrected chi connectivity index (χ3v) is 4.34. The van der Waals surface area contributed by atoms with Gasteiger partial charge in [0.2, 0.25) is 5.82 Å². The SMILES string of the molecule is CCCOc1ccc(-c2nonc2NC(=O)[C@@H](C)Oc2ccc(CC)cc2)cc1. The van der Waals surface area contributed by atoms with E-state index in [2.05, 4.69) is 29.5 Å². The molecule has 7 nitrogen and oxygen atoms in total. The van der Waals surface area contributed by atoms with Crippen molar-refractivity contribution in [3.63, 3.8) is 0 Å². The van der Waals surface area contributed by atoms with Crippen LogP contribution in [0.3, 0.4) is 0 Å². The fourth-order valence-corrected chi connectivity index (χ4v) is 2.67. The quantitative estimate of drug-likeness (QED) is 0.574. The summed E-state index contributed by atoms with van der Waals surface area (Å²) in [6, 6.07) is 15.0. The van der Waals surface area contributed by atoms with Gasteiger partial charge in [-0.2, -0.15) is 0 Å². The van der Waals surface area contributed by atoms with Crippen molar-refractivity contribution in [1.82, 2.24) is 10.3 Å². The van der Waals surface area contributed by atoms with Gasteiger partial charge < -0.3 is 14.8 Å². The van der Waals surface area contributed by atoms with Gasteiger partial charge >= 0.3 is 0 Å². The van der Waals surface area contributed by atoms with Gasteiger partial charge in [-0.25, -0.2) is 4.63 Å². The highest BCUT2D eigenvalue weighted by Crippen LogP contribution is 2.26. The van der Waals surface area contributed by atoms with Crippen molar-refractivity contribution in [2.45, 2.75) is 39.7 Å². The summed E-state index contributed by atoms with van der Waals surface area (Å²) < 4.78 is 16.1. The first-order valence-corrected chi connectivity index (χ1v) is 9.73. The number of amides is 1. The van der Waals surface area contributed by atoms with Crippen LogP contribution in [0.4, 0.5) is 5.82 Å². The number of benzene rings is 2. The number of carbonyl (C=O) groups excluding carboxylic acids is 1. The molecule has 0 saturated carbocycles. The molecule has 0 radical (unpaired) electrons. The summed E-state index contributed by atoms with van der Waals surface area (Å²) in [5, 5.41) is 10.4. The van der Waals surface area contributed by atoms with E-state index in [1.165, 1.54) is 5.56 Å².